The van der Waals surface area contributed by atoms with Crippen LogP contribution in [0, 0.1) is 0 Å². The van der Waals surface area contributed by atoms with Crippen molar-refractivity contribution in [3.8, 4) is 11.5 Å². The number of hydrogen-bond donors (Lipinski definition) is 0. The molecule has 0 N–H and O–H groups in total. The molecule has 0 saturated carbocycles. The Labute approximate surface area is 130 Å². The summed E-state index contributed by atoms with van der Waals surface area (Å²) in [4.78, 5) is 14.3. The first-order valence-corrected chi connectivity index (χ1v) is 7.91. The Hall–Kier alpha value is -2.17. The zero-order valence-electron chi connectivity index (χ0n) is 12.9. The standard InChI is InChI=1S/C17H21N3O2/c1-13-7-5-6-12-20(13)16(21)11-10-15-18-19-17(22-15)14-8-3-2-4-9-14/h2-4,8-9,13H,5-7,10-12H2,1H3/t13-/m1/s1. The monoisotopic (exact) mass is 299 g/mol. The fraction of sp³-hybridized carbons (Fsp3) is 0.471. The Balaban J connectivity index is 1.58. The predicted octanol–water partition coefficient (Wildman–Crippen LogP) is 3.07. The van der Waals surface area contributed by atoms with E-state index >= 15 is 0 Å². The van der Waals surface area contributed by atoms with Gasteiger partial charge in [-0.25, -0.2) is 0 Å². The Morgan fingerprint density at radius 3 is 2.86 bits per heavy atom. The lowest BCUT2D eigenvalue weighted by atomic mass is 10.0. The average Bonchev–Trinajstić information content (AvgIpc) is 3.03. The van der Waals surface area contributed by atoms with Gasteiger partial charge in [0.25, 0.3) is 0 Å². The highest BCUT2D eigenvalue weighted by Crippen LogP contribution is 2.20. The molecule has 116 valence electrons. The van der Waals surface area contributed by atoms with Crippen LogP contribution in [0.2, 0.25) is 0 Å². The Morgan fingerprint density at radius 2 is 2.09 bits per heavy atom. The number of likely N-dealkylation sites (tertiary alicyclic amines) is 1. The smallest absolute Gasteiger partial charge is 0.247 e. The third kappa shape index (κ3) is 3.35. The molecule has 1 aliphatic heterocycles. The normalized spacial score (nSPS) is 18.4. The Bertz CT molecular complexity index is 624. The third-order valence-corrected chi connectivity index (χ3v) is 4.16. The fourth-order valence-corrected chi connectivity index (χ4v) is 2.88. The molecular weight excluding hydrogens is 278 g/mol. The van der Waals surface area contributed by atoms with Crippen LogP contribution in [-0.2, 0) is 11.2 Å². The van der Waals surface area contributed by atoms with Crippen LogP contribution in [0.3, 0.4) is 0 Å². The van der Waals surface area contributed by atoms with E-state index in [1.165, 1.54) is 6.42 Å². The van der Waals surface area contributed by atoms with E-state index < -0.39 is 0 Å². The SMILES string of the molecule is C[C@@H]1CCCCN1C(=O)CCc1nnc(-c2ccccc2)o1. The van der Waals surface area contributed by atoms with Gasteiger partial charge in [0.1, 0.15) is 0 Å². The molecule has 0 aliphatic carbocycles. The minimum absolute atomic E-state index is 0.187. The van der Waals surface area contributed by atoms with E-state index in [1.807, 2.05) is 35.2 Å². The van der Waals surface area contributed by atoms with Crippen molar-refractivity contribution < 1.29 is 9.21 Å². The molecule has 1 aromatic carbocycles. The average molecular weight is 299 g/mol. The lowest BCUT2D eigenvalue weighted by Crippen LogP contribution is -2.42. The van der Waals surface area contributed by atoms with Gasteiger partial charge in [-0.2, -0.15) is 0 Å². The molecule has 1 aromatic heterocycles. The predicted molar refractivity (Wildman–Crippen MR) is 83.1 cm³/mol. The van der Waals surface area contributed by atoms with E-state index in [0.29, 0.717) is 30.7 Å². The molecule has 1 atom stereocenters. The van der Waals surface area contributed by atoms with Crippen molar-refractivity contribution in [2.75, 3.05) is 6.54 Å². The summed E-state index contributed by atoms with van der Waals surface area (Å²) >= 11 is 0. The van der Waals surface area contributed by atoms with E-state index in [2.05, 4.69) is 17.1 Å². The first-order valence-electron chi connectivity index (χ1n) is 7.91. The Morgan fingerprint density at radius 1 is 1.27 bits per heavy atom. The van der Waals surface area contributed by atoms with Crippen LogP contribution in [0.5, 0.6) is 0 Å². The number of aryl methyl sites for hydroxylation is 1. The largest absolute Gasteiger partial charge is 0.421 e. The lowest BCUT2D eigenvalue weighted by Gasteiger charge is -2.33. The van der Waals surface area contributed by atoms with E-state index in [0.717, 1.165) is 24.9 Å². The summed E-state index contributed by atoms with van der Waals surface area (Å²) in [5.41, 5.74) is 0.900. The summed E-state index contributed by atoms with van der Waals surface area (Å²) in [7, 11) is 0. The highest BCUT2D eigenvalue weighted by Gasteiger charge is 2.23. The lowest BCUT2D eigenvalue weighted by molar-refractivity contribution is -0.134. The minimum atomic E-state index is 0.187. The van der Waals surface area contributed by atoms with Crippen molar-refractivity contribution in [1.29, 1.82) is 0 Å². The molecule has 0 bridgehead atoms. The van der Waals surface area contributed by atoms with E-state index in [9.17, 15) is 4.79 Å². The van der Waals surface area contributed by atoms with Crippen LogP contribution in [-0.4, -0.2) is 33.6 Å². The van der Waals surface area contributed by atoms with Crippen LogP contribution < -0.4 is 0 Å². The minimum Gasteiger partial charge on any atom is -0.421 e. The van der Waals surface area contributed by atoms with Gasteiger partial charge in [0, 0.05) is 31.0 Å². The fourth-order valence-electron chi connectivity index (χ4n) is 2.88. The van der Waals surface area contributed by atoms with Crippen LogP contribution in [0.1, 0.15) is 38.5 Å². The summed E-state index contributed by atoms with van der Waals surface area (Å²) in [6.45, 7) is 3.00. The van der Waals surface area contributed by atoms with E-state index in [1.54, 1.807) is 0 Å². The topological polar surface area (TPSA) is 59.2 Å². The van der Waals surface area contributed by atoms with Crippen molar-refractivity contribution in [3.05, 3.63) is 36.2 Å². The summed E-state index contributed by atoms with van der Waals surface area (Å²) in [5, 5.41) is 8.09. The first kappa shape index (κ1) is 14.8. The highest BCUT2D eigenvalue weighted by atomic mass is 16.4. The van der Waals surface area contributed by atoms with Gasteiger partial charge in [-0.3, -0.25) is 4.79 Å². The quantitative estimate of drug-likeness (QED) is 0.870. The third-order valence-electron chi connectivity index (χ3n) is 4.16. The number of hydrogen-bond acceptors (Lipinski definition) is 4. The molecule has 22 heavy (non-hydrogen) atoms. The van der Waals surface area contributed by atoms with Crippen molar-refractivity contribution in [3.63, 3.8) is 0 Å². The van der Waals surface area contributed by atoms with Gasteiger partial charge < -0.3 is 9.32 Å². The zero-order valence-corrected chi connectivity index (χ0v) is 12.9. The second kappa shape index (κ2) is 6.73. The zero-order chi connectivity index (χ0) is 15.4. The number of carbonyl (C=O) groups excluding carboxylic acids is 1. The summed E-state index contributed by atoms with van der Waals surface area (Å²) in [6, 6.07) is 10.0. The number of amides is 1. The molecule has 0 spiro atoms. The number of carbonyl (C=O) groups is 1. The number of aromatic nitrogens is 2. The van der Waals surface area contributed by atoms with E-state index in [-0.39, 0.29) is 5.91 Å². The second-order valence-electron chi connectivity index (χ2n) is 5.80. The molecule has 1 amide bonds. The molecule has 1 aliphatic rings. The summed E-state index contributed by atoms with van der Waals surface area (Å²) in [5.74, 6) is 1.22. The summed E-state index contributed by atoms with van der Waals surface area (Å²) < 4.78 is 5.64. The number of benzene rings is 1. The maximum atomic E-state index is 12.3. The molecule has 0 radical (unpaired) electrons. The molecule has 0 unspecified atom stereocenters. The molecule has 2 heterocycles. The van der Waals surface area contributed by atoms with Crippen molar-refractivity contribution in [2.45, 2.75) is 45.1 Å². The second-order valence-corrected chi connectivity index (χ2v) is 5.80. The maximum Gasteiger partial charge on any atom is 0.247 e. The van der Waals surface area contributed by atoms with Gasteiger partial charge in [-0.15, -0.1) is 10.2 Å². The van der Waals surface area contributed by atoms with Gasteiger partial charge in [0.15, 0.2) is 0 Å². The van der Waals surface area contributed by atoms with Crippen molar-refractivity contribution in [2.24, 2.45) is 0 Å². The van der Waals surface area contributed by atoms with Crippen LogP contribution in [0.25, 0.3) is 11.5 Å². The van der Waals surface area contributed by atoms with Crippen molar-refractivity contribution in [1.82, 2.24) is 15.1 Å². The van der Waals surface area contributed by atoms with Crippen LogP contribution in [0.4, 0.5) is 0 Å². The molecule has 1 saturated heterocycles. The Kier molecular flexibility index (Phi) is 4.51. The molecule has 3 rings (SSSR count). The molecule has 1 fully saturated rings. The van der Waals surface area contributed by atoms with Crippen LogP contribution >= 0.6 is 0 Å². The van der Waals surface area contributed by atoms with Crippen molar-refractivity contribution >= 4 is 5.91 Å². The van der Waals surface area contributed by atoms with Gasteiger partial charge in [0.2, 0.25) is 17.7 Å². The first-order chi connectivity index (χ1) is 10.7. The molecule has 5 nitrogen and oxygen atoms in total. The number of rotatable bonds is 4. The highest BCUT2D eigenvalue weighted by molar-refractivity contribution is 5.76. The van der Waals surface area contributed by atoms with Gasteiger partial charge in [-0.05, 0) is 38.3 Å². The van der Waals surface area contributed by atoms with Crippen LogP contribution in [0.15, 0.2) is 34.7 Å². The number of piperidine rings is 1. The molecular formula is C17H21N3O2. The maximum absolute atomic E-state index is 12.3. The van der Waals surface area contributed by atoms with Gasteiger partial charge >= 0.3 is 0 Å². The molecule has 5 heteroatoms. The summed E-state index contributed by atoms with van der Waals surface area (Å²) in [6.07, 6.45) is 4.36. The number of nitrogens with zero attached hydrogens (tertiary/aromatic N) is 3. The van der Waals surface area contributed by atoms with E-state index in [4.69, 9.17) is 4.42 Å². The van der Waals surface area contributed by atoms with Gasteiger partial charge in [-0.1, -0.05) is 18.2 Å². The molecule has 2 aromatic rings. The van der Waals surface area contributed by atoms with Gasteiger partial charge in [0.05, 0.1) is 0 Å².